The summed E-state index contributed by atoms with van der Waals surface area (Å²) in [6.07, 6.45) is 0.497. The van der Waals surface area contributed by atoms with Crippen LogP contribution in [0.3, 0.4) is 0 Å². The molecule has 0 aliphatic heterocycles. The molecule has 0 unspecified atom stereocenters. The lowest BCUT2D eigenvalue weighted by atomic mass is 10.1. The van der Waals surface area contributed by atoms with Gasteiger partial charge in [0.05, 0.1) is 18.6 Å². The Labute approximate surface area is 129 Å². The van der Waals surface area contributed by atoms with E-state index in [4.69, 9.17) is 20.5 Å². The van der Waals surface area contributed by atoms with Crippen LogP contribution in [-0.4, -0.2) is 22.1 Å². The van der Waals surface area contributed by atoms with Crippen LogP contribution in [0.5, 0.6) is 5.75 Å². The zero-order chi connectivity index (χ0) is 15.3. The molecule has 0 saturated carbocycles. The van der Waals surface area contributed by atoms with Gasteiger partial charge in [0.25, 0.3) is 10.1 Å². The Morgan fingerprint density at radius 1 is 1.00 bits per heavy atom. The normalized spacial score (nSPS) is 11.3. The van der Waals surface area contributed by atoms with Gasteiger partial charge >= 0.3 is 0 Å². The van der Waals surface area contributed by atoms with Crippen molar-refractivity contribution in [3.63, 3.8) is 0 Å². The fourth-order valence-electron chi connectivity index (χ4n) is 1.73. The minimum absolute atomic E-state index is 0.0806. The molecule has 0 saturated heterocycles. The fraction of sp³-hybridized carbons (Fsp3) is 0.200. The Hall–Kier alpha value is -1.56. The van der Waals surface area contributed by atoms with Crippen molar-refractivity contribution in [2.24, 2.45) is 0 Å². The van der Waals surface area contributed by atoms with E-state index in [2.05, 4.69) is 0 Å². The fourth-order valence-corrected chi connectivity index (χ4v) is 2.76. The van der Waals surface area contributed by atoms with E-state index >= 15 is 0 Å². The van der Waals surface area contributed by atoms with E-state index in [-0.39, 0.29) is 11.5 Å². The Bertz CT molecular complexity index is 679. The molecule has 0 heterocycles. The molecule has 0 aliphatic carbocycles. The Balaban J connectivity index is 1.93. The number of halogens is 1. The number of methoxy groups -OCH3 is 1. The van der Waals surface area contributed by atoms with E-state index in [1.807, 2.05) is 24.3 Å². The Kier molecular flexibility index (Phi) is 5.22. The minimum Gasteiger partial charge on any atom is -0.497 e. The third-order valence-corrected chi connectivity index (χ3v) is 4.47. The number of ether oxygens (including phenoxy) is 1. The third-order valence-electron chi connectivity index (χ3n) is 2.89. The maximum atomic E-state index is 11.9. The molecular formula is C15H15ClO4S. The lowest BCUT2D eigenvalue weighted by Crippen LogP contribution is -2.09. The maximum Gasteiger partial charge on any atom is 0.296 e. The zero-order valence-corrected chi connectivity index (χ0v) is 13.0. The molecule has 2 aromatic rings. The van der Waals surface area contributed by atoms with Gasteiger partial charge in [0.15, 0.2) is 0 Å². The lowest BCUT2D eigenvalue weighted by Gasteiger charge is -2.06. The van der Waals surface area contributed by atoms with E-state index in [9.17, 15) is 8.42 Å². The summed E-state index contributed by atoms with van der Waals surface area (Å²) in [5, 5.41) is 0.479. The van der Waals surface area contributed by atoms with Gasteiger partial charge in [-0.05, 0) is 48.4 Å². The Morgan fingerprint density at radius 2 is 1.62 bits per heavy atom. The van der Waals surface area contributed by atoms with Gasteiger partial charge in [-0.1, -0.05) is 23.7 Å². The largest absolute Gasteiger partial charge is 0.497 e. The SMILES string of the molecule is COc1ccc(CCOS(=O)(=O)c2ccc(Cl)cc2)cc1. The number of hydrogen-bond acceptors (Lipinski definition) is 4. The van der Waals surface area contributed by atoms with Gasteiger partial charge < -0.3 is 4.74 Å². The number of rotatable bonds is 6. The van der Waals surface area contributed by atoms with Crippen molar-refractivity contribution < 1.29 is 17.3 Å². The first kappa shape index (κ1) is 15.8. The van der Waals surface area contributed by atoms with Gasteiger partial charge in [-0.2, -0.15) is 8.42 Å². The van der Waals surface area contributed by atoms with Crippen LogP contribution in [0.2, 0.25) is 5.02 Å². The molecule has 6 heteroatoms. The molecule has 0 aromatic heterocycles. The molecule has 0 aliphatic rings. The molecule has 0 fully saturated rings. The zero-order valence-electron chi connectivity index (χ0n) is 11.5. The molecule has 0 radical (unpaired) electrons. The third kappa shape index (κ3) is 4.46. The first-order valence-corrected chi connectivity index (χ1v) is 8.08. The molecule has 0 N–H and O–H groups in total. The highest BCUT2D eigenvalue weighted by Crippen LogP contribution is 2.17. The highest BCUT2D eigenvalue weighted by Gasteiger charge is 2.14. The van der Waals surface area contributed by atoms with Crippen LogP contribution >= 0.6 is 11.6 Å². The van der Waals surface area contributed by atoms with Gasteiger partial charge in [-0.3, -0.25) is 4.18 Å². The second kappa shape index (κ2) is 6.93. The second-order valence-corrected chi connectivity index (χ2v) is 6.38. The van der Waals surface area contributed by atoms with Crippen LogP contribution in [0.25, 0.3) is 0 Å². The lowest BCUT2D eigenvalue weighted by molar-refractivity contribution is 0.322. The highest BCUT2D eigenvalue weighted by atomic mass is 35.5. The summed E-state index contributed by atoms with van der Waals surface area (Å²) in [5.41, 5.74) is 0.974. The summed E-state index contributed by atoms with van der Waals surface area (Å²) in [6.45, 7) is 0.0806. The van der Waals surface area contributed by atoms with Crippen LogP contribution < -0.4 is 4.74 Å². The highest BCUT2D eigenvalue weighted by molar-refractivity contribution is 7.86. The van der Waals surface area contributed by atoms with E-state index in [1.54, 1.807) is 7.11 Å². The molecule has 0 bridgehead atoms. The molecule has 0 spiro atoms. The first-order valence-electron chi connectivity index (χ1n) is 6.29. The van der Waals surface area contributed by atoms with Crippen LogP contribution in [0.1, 0.15) is 5.56 Å². The van der Waals surface area contributed by atoms with Gasteiger partial charge in [-0.15, -0.1) is 0 Å². The van der Waals surface area contributed by atoms with E-state index < -0.39 is 10.1 Å². The van der Waals surface area contributed by atoms with Crippen molar-refractivity contribution in [2.45, 2.75) is 11.3 Å². The smallest absolute Gasteiger partial charge is 0.296 e. The second-order valence-electron chi connectivity index (χ2n) is 4.33. The summed E-state index contributed by atoms with van der Waals surface area (Å²) in [6, 6.07) is 13.3. The number of benzene rings is 2. The van der Waals surface area contributed by atoms with Crippen molar-refractivity contribution in [1.29, 1.82) is 0 Å². The average Bonchev–Trinajstić information content (AvgIpc) is 2.48. The van der Waals surface area contributed by atoms with Crippen LogP contribution in [0.4, 0.5) is 0 Å². The van der Waals surface area contributed by atoms with Crippen LogP contribution in [0, 0.1) is 0 Å². The molecule has 0 amide bonds. The van der Waals surface area contributed by atoms with E-state index in [0.717, 1.165) is 11.3 Å². The quantitative estimate of drug-likeness (QED) is 0.764. The Morgan fingerprint density at radius 3 is 2.19 bits per heavy atom. The predicted molar refractivity (Wildman–Crippen MR) is 81.3 cm³/mol. The van der Waals surface area contributed by atoms with E-state index in [0.29, 0.717) is 11.4 Å². The molecule has 21 heavy (non-hydrogen) atoms. The van der Waals surface area contributed by atoms with Crippen molar-refractivity contribution in [1.82, 2.24) is 0 Å². The van der Waals surface area contributed by atoms with Crippen LogP contribution in [-0.2, 0) is 20.7 Å². The van der Waals surface area contributed by atoms with Gasteiger partial charge in [0.2, 0.25) is 0 Å². The molecule has 112 valence electrons. The monoisotopic (exact) mass is 326 g/mol. The topological polar surface area (TPSA) is 52.6 Å². The molecule has 2 rings (SSSR count). The summed E-state index contributed by atoms with van der Waals surface area (Å²) < 4.78 is 34.0. The summed E-state index contributed by atoms with van der Waals surface area (Å²) >= 11 is 5.72. The van der Waals surface area contributed by atoms with Crippen LogP contribution in [0.15, 0.2) is 53.4 Å². The molecule has 0 atom stereocenters. The molecule has 4 nitrogen and oxygen atoms in total. The van der Waals surface area contributed by atoms with Gasteiger partial charge in [0.1, 0.15) is 5.75 Å². The van der Waals surface area contributed by atoms with Crippen molar-refractivity contribution in [3.8, 4) is 5.75 Å². The van der Waals surface area contributed by atoms with Crippen molar-refractivity contribution in [3.05, 3.63) is 59.1 Å². The minimum atomic E-state index is -3.74. The standard InChI is InChI=1S/C15H15ClO4S/c1-19-14-6-2-12(3-7-14)10-11-20-21(17,18)15-8-4-13(16)5-9-15/h2-9H,10-11H2,1H3. The molecular weight excluding hydrogens is 312 g/mol. The maximum absolute atomic E-state index is 11.9. The summed E-state index contributed by atoms with van der Waals surface area (Å²) in [5.74, 6) is 0.758. The van der Waals surface area contributed by atoms with E-state index in [1.165, 1.54) is 24.3 Å². The summed E-state index contributed by atoms with van der Waals surface area (Å²) in [7, 11) is -2.15. The average molecular weight is 327 g/mol. The first-order chi connectivity index (χ1) is 10.0. The number of hydrogen-bond donors (Lipinski definition) is 0. The van der Waals surface area contributed by atoms with Gasteiger partial charge in [-0.25, -0.2) is 0 Å². The van der Waals surface area contributed by atoms with Crippen molar-refractivity contribution in [2.75, 3.05) is 13.7 Å². The van der Waals surface area contributed by atoms with Gasteiger partial charge in [0, 0.05) is 5.02 Å². The molecule has 2 aromatic carbocycles. The van der Waals surface area contributed by atoms with Crippen molar-refractivity contribution >= 4 is 21.7 Å². The predicted octanol–water partition coefficient (Wildman–Crippen LogP) is 3.30. The summed E-state index contributed by atoms with van der Waals surface area (Å²) in [4.78, 5) is 0.0987.